The van der Waals surface area contributed by atoms with E-state index in [0.29, 0.717) is 35.4 Å². The van der Waals surface area contributed by atoms with Gasteiger partial charge in [-0.1, -0.05) is 43.5 Å². The number of nitrogens with one attached hydrogen (secondary N) is 1. The molecule has 1 saturated carbocycles. The summed E-state index contributed by atoms with van der Waals surface area (Å²) in [6.45, 7) is 2.95. The van der Waals surface area contributed by atoms with Crippen molar-refractivity contribution in [3.63, 3.8) is 0 Å². The Morgan fingerprint density at radius 3 is 2.73 bits per heavy atom. The van der Waals surface area contributed by atoms with Gasteiger partial charge in [0, 0.05) is 24.9 Å². The molecule has 1 fully saturated rings. The molecule has 2 amide bonds. The summed E-state index contributed by atoms with van der Waals surface area (Å²) in [7, 11) is 1.70. The van der Waals surface area contributed by atoms with Gasteiger partial charge in [0.1, 0.15) is 0 Å². The largest absolute Gasteiger partial charge is 0.355 e. The maximum Gasteiger partial charge on any atom is 0.255 e. The number of carbonyl (C=O) groups is 2. The van der Waals surface area contributed by atoms with Gasteiger partial charge in [-0.05, 0) is 30.9 Å². The van der Waals surface area contributed by atoms with Gasteiger partial charge in [-0.25, -0.2) is 0 Å². The van der Waals surface area contributed by atoms with E-state index in [0.717, 1.165) is 11.4 Å². The maximum absolute atomic E-state index is 12.9. The lowest BCUT2D eigenvalue weighted by Crippen LogP contribution is -2.31. The van der Waals surface area contributed by atoms with Gasteiger partial charge in [0.2, 0.25) is 11.8 Å². The fourth-order valence-corrected chi connectivity index (χ4v) is 4.47. The quantitative estimate of drug-likeness (QED) is 0.611. The topological polar surface area (TPSA) is 88.3 Å². The molecule has 0 aliphatic heterocycles. The van der Waals surface area contributed by atoms with E-state index in [-0.39, 0.29) is 18.4 Å². The summed E-state index contributed by atoms with van der Waals surface area (Å²) in [4.78, 5) is 31.8. The molecule has 0 spiro atoms. The summed E-state index contributed by atoms with van der Waals surface area (Å²) in [6.07, 6.45) is 6.94. The molecule has 1 aromatic heterocycles. The minimum absolute atomic E-state index is 0.0131. The van der Waals surface area contributed by atoms with Gasteiger partial charge in [-0.15, -0.1) is 11.8 Å². The summed E-state index contributed by atoms with van der Waals surface area (Å²) >= 11 is 1.39. The van der Waals surface area contributed by atoms with Gasteiger partial charge in [0.05, 0.1) is 17.9 Å². The van der Waals surface area contributed by atoms with Crippen LogP contribution in [0.3, 0.4) is 0 Å². The van der Waals surface area contributed by atoms with Crippen LogP contribution in [-0.2, 0) is 17.8 Å². The Kier molecular flexibility index (Phi) is 8.30. The number of aromatic nitrogens is 2. The Balaban J connectivity index is 1.53. The highest BCUT2D eigenvalue weighted by Gasteiger charge is 2.19. The van der Waals surface area contributed by atoms with Crippen LogP contribution in [0.4, 0.5) is 0 Å². The fourth-order valence-electron chi connectivity index (χ4n) is 3.59. The second kappa shape index (κ2) is 11.2. The zero-order valence-corrected chi connectivity index (χ0v) is 18.5. The van der Waals surface area contributed by atoms with E-state index in [1.807, 2.05) is 25.1 Å². The summed E-state index contributed by atoms with van der Waals surface area (Å²) in [5.74, 6) is 1.81. The maximum atomic E-state index is 12.9. The van der Waals surface area contributed by atoms with Crippen LogP contribution in [0, 0.1) is 5.92 Å². The van der Waals surface area contributed by atoms with Crippen LogP contribution in [0.1, 0.15) is 61.1 Å². The molecule has 1 aliphatic carbocycles. The van der Waals surface area contributed by atoms with Crippen LogP contribution in [0.5, 0.6) is 0 Å². The van der Waals surface area contributed by atoms with Crippen molar-refractivity contribution in [1.82, 2.24) is 20.4 Å². The Morgan fingerprint density at radius 1 is 1.23 bits per heavy atom. The minimum Gasteiger partial charge on any atom is -0.355 e. The molecule has 1 aliphatic rings. The average molecular weight is 431 g/mol. The average Bonchev–Trinajstić information content (AvgIpc) is 3.24. The van der Waals surface area contributed by atoms with E-state index in [2.05, 4.69) is 15.5 Å². The molecule has 0 saturated heterocycles. The zero-order chi connectivity index (χ0) is 21.3. The van der Waals surface area contributed by atoms with Gasteiger partial charge in [-0.2, -0.15) is 4.98 Å². The molecule has 0 radical (unpaired) electrons. The summed E-state index contributed by atoms with van der Waals surface area (Å²) in [6, 6.07) is 7.37. The molecule has 1 aromatic carbocycles. The second-order valence-corrected chi connectivity index (χ2v) is 8.73. The lowest BCUT2D eigenvalue weighted by Gasteiger charge is -2.21. The first-order valence-electron chi connectivity index (χ1n) is 10.6. The van der Waals surface area contributed by atoms with Gasteiger partial charge in [0.15, 0.2) is 5.82 Å². The Labute approximate surface area is 182 Å². The van der Waals surface area contributed by atoms with E-state index >= 15 is 0 Å². The normalized spacial score (nSPS) is 14.5. The van der Waals surface area contributed by atoms with Crippen molar-refractivity contribution in [2.24, 2.45) is 5.92 Å². The van der Waals surface area contributed by atoms with Crippen molar-refractivity contribution in [2.75, 3.05) is 19.3 Å². The molecule has 7 nitrogen and oxygen atoms in total. The monoisotopic (exact) mass is 430 g/mol. The molecule has 0 bridgehead atoms. The standard InChI is InChI=1S/C22H30N4O3S/c1-3-19-24-21(29-25-19)14-26(2)22(28)17-11-7-8-12-18(17)30-15-20(27)23-13-16-9-5-4-6-10-16/h7-8,11-12,16H,3-6,9-10,13-15H2,1-2H3,(H,23,27). The summed E-state index contributed by atoms with van der Waals surface area (Å²) < 4.78 is 5.19. The number of amides is 2. The predicted molar refractivity (Wildman–Crippen MR) is 116 cm³/mol. The number of hydrogen-bond acceptors (Lipinski definition) is 6. The first kappa shape index (κ1) is 22.3. The molecule has 30 heavy (non-hydrogen) atoms. The second-order valence-electron chi connectivity index (χ2n) is 7.71. The highest BCUT2D eigenvalue weighted by molar-refractivity contribution is 8.00. The van der Waals surface area contributed by atoms with Crippen LogP contribution in [0.25, 0.3) is 0 Å². The Hall–Kier alpha value is -2.35. The zero-order valence-electron chi connectivity index (χ0n) is 17.7. The van der Waals surface area contributed by atoms with E-state index < -0.39 is 0 Å². The molecule has 8 heteroatoms. The lowest BCUT2D eigenvalue weighted by atomic mass is 9.89. The van der Waals surface area contributed by atoms with Gasteiger partial charge < -0.3 is 14.7 Å². The highest BCUT2D eigenvalue weighted by atomic mass is 32.2. The number of thioether (sulfide) groups is 1. The first-order chi connectivity index (χ1) is 14.6. The van der Waals surface area contributed by atoms with Crippen LogP contribution < -0.4 is 5.32 Å². The number of benzene rings is 1. The highest BCUT2D eigenvalue weighted by Crippen LogP contribution is 2.25. The van der Waals surface area contributed by atoms with Crippen LogP contribution in [0.2, 0.25) is 0 Å². The first-order valence-corrected chi connectivity index (χ1v) is 11.6. The Bertz CT molecular complexity index is 848. The van der Waals surface area contributed by atoms with Crippen molar-refractivity contribution in [2.45, 2.75) is 56.9 Å². The number of carbonyl (C=O) groups excluding carboxylic acids is 2. The fraction of sp³-hybridized carbons (Fsp3) is 0.545. The Morgan fingerprint density at radius 2 is 2.00 bits per heavy atom. The van der Waals surface area contributed by atoms with Crippen molar-refractivity contribution in [3.05, 3.63) is 41.5 Å². The third-order valence-corrected chi connectivity index (χ3v) is 6.41. The molecular formula is C22H30N4O3S. The van der Waals surface area contributed by atoms with Crippen molar-refractivity contribution in [3.8, 4) is 0 Å². The van der Waals surface area contributed by atoms with E-state index in [1.165, 1.54) is 43.9 Å². The van der Waals surface area contributed by atoms with Gasteiger partial charge in [-0.3, -0.25) is 9.59 Å². The van der Waals surface area contributed by atoms with Crippen LogP contribution >= 0.6 is 11.8 Å². The smallest absolute Gasteiger partial charge is 0.255 e. The molecule has 1 N–H and O–H groups in total. The third kappa shape index (κ3) is 6.32. The van der Waals surface area contributed by atoms with Crippen LogP contribution in [-0.4, -0.2) is 46.2 Å². The van der Waals surface area contributed by atoms with Crippen LogP contribution in [0.15, 0.2) is 33.7 Å². The number of aryl methyl sites for hydroxylation is 1. The molecular weight excluding hydrogens is 400 g/mol. The van der Waals surface area contributed by atoms with E-state index in [1.54, 1.807) is 18.0 Å². The lowest BCUT2D eigenvalue weighted by molar-refractivity contribution is -0.118. The number of hydrogen-bond donors (Lipinski definition) is 1. The van der Waals surface area contributed by atoms with E-state index in [4.69, 9.17) is 4.52 Å². The minimum atomic E-state index is -0.142. The molecule has 0 atom stereocenters. The number of rotatable bonds is 9. The predicted octanol–water partition coefficient (Wildman–Crippen LogP) is 3.69. The summed E-state index contributed by atoms with van der Waals surface area (Å²) in [5, 5.41) is 6.92. The van der Waals surface area contributed by atoms with Crippen molar-refractivity contribution < 1.29 is 14.1 Å². The van der Waals surface area contributed by atoms with E-state index in [9.17, 15) is 9.59 Å². The van der Waals surface area contributed by atoms with Crippen molar-refractivity contribution >= 4 is 23.6 Å². The van der Waals surface area contributed by atoms with Crippen molar-refractivity contribution in [1.29, 1.82) is 0 Å². The molecule has 162 valence electrons. The molecule has 3 rings (SSSR count). The summed E-state index contributed by atoms with van der Waals surface area (Å²) in [5.41, 5.74) is 0.570. The number of nitrogens with zero attached hydrogens (tertiary/aromatic N) is 3. The van der Waals surface area contributed by atoms with Gasteiger partial charge in [0.25, 0.3) is 5.91 Å². The molecule has 0 unspecified atom stereocenters. The molecule has 1 heterocycles. The SMILES string of the molecule is CCc1noc(CN(C)C(=O)c2ccccc2SCC(=O)NCC2CCCCC2)n1. The third-order valence-electron chi connectivity index (χ3n) is 5.33. The van der Waals surface area contributed by atoms with Gasteiger partial charge >= 0.3 is 0 Å². The molecule has 2 aromatic rings.